The first-order valence-corrected chi connectivity index (χ1v) is 13.4. The molecule has 0 N–H and O–H groups in total. The minimum Gasteiger partial charge on any atom is -0.451 e. The molecule has 1 aromatic rings. The molecule has 5 rings (SSSR count). The second kappa shape index (κ2) is 8.71. The van der Waals surface area contributed by atoms with Gasteiger partial charge in [0, 0.05) is 44.5 Å². The summed E-state index contributed by atoms with van der Waals surface area (Å²) in [5.74, 6) is 0.830. The summed E-state index contributed by atoms with van der Waals surface area (Å²) in [6.07, 6.45) is 6.47. The van der Waals surface area contributed by atoms with E-state index in [-0.39, 0.29) is 29.4 Å². The summed E-state index contributed by atoms with van der Waals surface area (Å²) in [5, 5.41) is 0. The summed E-state index contributed by atoms with van der Waals surface area (Å²) in [4.78, 5) is 40.1. The molecule has 0 unspecified atom stereocenters. The second-order valence-corrected chi connectivity index (χ2v) is 12.0. The number of anilines is 1. The first-order chi connectivity index (χ1) is 17.0. The highest BCUT2D eigenvalue weighted by atomic mass is 16.6. The maximum absolute atomic E-state index is 13.3. The third kappa shape index (κ3) is 3.61. The van der Waals surface area contributed by atoms with Gasteiger partial charge in [0.25, 0.3) is 0 Å². The molecule has 2 saturated carbocycles. The van der Waals surface area contributed by atoms with E-state index in [9.17, 15) is 14.4 Å². The van der Waals surface area contributed by atoms with Crippen LogP contribution in [0, 0.1) is 23.2 Å². The van der Waals surface area contributed by atoms with Crippen LogP contribution >= 0.6 is 0 Å². The Morgan fingerprint density at radius 1 is 1.08 bits per heavy atom. The molecular weight excluding hydrogens is 450 g/mol. The van der Waals surface area contributed by atoms with Gasteiger partial charge >= 0.3 is 5.97 Å². The van der Waals surface area contributed by atoms with Crippen LogP contribution in [-0.4, -0.2) is 37.2 Å². The number of carbonyl (C=O) groups is 3. The third-order valence-corrected chi connectivity index (χ3v) is 9.91. The van der Waals surface area contributed by atoms with E-state index in [0.29, 0.717) is 24.7 Å². The van der Waals surface area contributed by atoms with E-state index >= 15 is 0 Å². The van der Waals surface area contributed by atoms with Gasteiger partial charge in [-0.05, 0) is 91.7 Å². The molecule has 4 aliphatic rings. The van der Waals surface area contributed by atoms with Crippen LogP contribution in [0.4, 0.5) is 5.69 Å². The van der Waals surface area contributed by atoms with Gasteiger partial charge in [-0.15, -0.1) is 0 Å². The van der Waals surface area contributed by atoms with Crippen LogP contribution in [0.25, 0.3) is 0 Å². The van der Waals surface area contributed by atoms with Crippen LogP contribution in [0.15, 0.2) is 47.1 Å². The molecule has 4 aliphatic carbocycles. The van der Waals surface area contributed by atoms with Crippen LogP contribution in [-0.2, 0) is 19.1 Å². The van der Waals surface area contributed by atoms with Crippen LogP contribution in [0.1, 0.15) is 77.7 Å². The van der Waals surface area contributed by atoms with Gasteiger partial charge in [0.15, 0.2) is 17.2 Å². The van der Waals surface area contributed by atoms with E-state index in [1.807, 2.05) is 20.2 Å². The highest BCUT2D eigenvalue weighted by Gasteiger charge is 2.67. The number of rotatable bonds is 4. The Morgan fingerprint density at radius 3 is 2.39 bits per heavy atom. The number of benzene rings is 1. The molecule has 0 radical (unpaired) electrons. The highest BCUT2D eigenvalue weighted by Crippen LogP contribution is 2.68. The molecule has 0 aliphatic heterocycles. The van der Waals surface area contributed by atoms with Gasteiger partial charge in [-0.3, -0.25) is 14.4 Å². The van der Waals surface area contributed by atoms with Gasteiger partial charge in [0.1, 0.15) is 0 Å². The van der Waals surface area contributed by atoms with Crippen molar-refractivity contribution in [3.8, 4) is 0 Å². The Hall–Kier alpha value is -2.69. The fourth-order valence-electron chi connectivity index (χ4n) is 8.31. The van der Waals surface area contributed by atoms with Crippen molar-refractivity contribution in [3.05, 3.63) is 52.6 Å². The van der Waals surface area contributed by atoms with E-state index in [4.69, 9.17) is 4.74 Å². The van der Waals surface area contributed by atoms with Crippen LogP contribution < -0.4 is 4.90 Å². The van der Waals surface area contributed by atoms with Crippen molar-refractivity contribution in [2.45, 2.75) is 77.7 Å². The number of ketones is 2. The van der Waals surface area contributed by atoms with Gasteiger partial charge in [-0.2, -0.15) is 0 Å². The lowest BCUT2D eigenvalue weighted by Gasteiger charge is -2.55. The van der Waals surface area contributed by atoms with E-state index in [2.05, 4.69) is 43.0 Å². The maximum Gasteiger partial charge on any atom is 0.303 e. The molecule has 2 fully saturated rings. The molecule has 0 bridgehead atoms. The number of Topliss-reactive ketones (excluding diaryl/α,β-unsaturated/α-hetero) is 1. The third-order valence-electron chi connectivity index (χ3n) is 9.91. The van der Waals surface area contributed by atoms with E-state index in [1.165, 1.54) is 29.2 Å². The van der Waals surface area contributed by atoms with Gasteiger partial charge in [0.2, 0.25) is 0 Å². The average molecular weight is 490 g/mol. The number of esters is 1. The fourth-order valence-corrected chi connectivity index (χ4v) is 8.31. The number of allylic oxidation sites excluding steroid dienone is 4. The monoisotopic (exact) mass is 489 g/mol. The van der Waals surface area contributed by atoms with Crippen molar-refractivity contribution in [2.24, 2.45) is 23.2 Å². The molecule has 0 spiro atoms. The number of hydrogen-bond donors (Lipinski definition) is 0. The lowest BCUT2D eigenvalue weighted by molar-refractivity contribution is -0.182. The van der Waals surface area contributed by atoms with Gasteiger partial charge < -0.3 is 9.64 Å². The van der Waals surface area contributed by atoms with Crippen molar-refractivity contribution < 1.29 is 19.1 Å². The zero-order valence-electron chi connectivity index (χ0n) is 22.5. The maximum atomic E-state index is 13.3. The molecule has 36 heavy (non-hydrogen) atoms. The van der Waals surface area contributed by atoms with Crippen LogP contribution in [0.2, 0.25) is 0 Å². The van der Waals surface area contributed by atoms with Gasteiger partial charge in [0.05, 0.1) is 0 Å². The van der Waals surface area contributed by atoms with Gasteiger partial charge in [-0.1, -0.05) is 31.6 Å². The van der Waals surface area contributed by atoms with Crippen molar-refractivity contribution in [1.82, 2.24) is 0 Å². The Labute approximate surface area is 215 Å². The minimum absolute atomic E-state index is 0.0341. The van der Waals surface area contributed by atoms with Gasteiger partial charge in [-0.25, -0.2) is 0 Å². The quantitative estimate of drug-likeness (QED) is 0.501. The molecule has 5 nitrogen and oxygen atoms in total. The topological polar surface area (TPSA) is 63.7 Å². The number of ether oxygens (including phenoxy) is 1. The minimum atomic E-state index is -1.08. The zero-order valence-corrected chi connectivity index (χ0v) is 22.5. The normalized spacial score (nSPS) is 35.4. The van der Waals surface area contributed by atoms with Crippen molar-refractivity contribution >= 4 is 23.2 Å². The SMILES string of the molecule is CC(=O)O[C@]1(C(C)=O)CC[C@H]2[C@@H]3C[C@H](C)C4=CC(=O)CCC4=C3[C@H](c3ccc(N(C)C)cc3)C[C@@]21C. The van der Waals surface area contributed by atoms with Crippen molar-refractivity contribution in [1.29, 1.82) is 0 Å². The lowest BCUT2D eigenvalue weighted by Crippen LogP contribution is -2.57. The largest absolute Gasteiger partial charge is 0.451 e. The summed E-state index contributed by atoms with van der Waals surface area (Å²) in [6, 6.07) is 8.77. The Morgan fingerprint density at radius 2 is 1.78 bits per heavy atom. The lowest BCUT2D eigenvalue weighted by atomic mass is 9.50. The summed E-state index contributed by atoms with van der Waals surface area (Å²) in [7, 11) is 4.08. The van der Waals surface area contributed by atoms with E-state index in [0.717, 1.165) is 31.4 Å². The zero-order chi connectivity index (χ0) is 26.0. The second-order valence-electron chi connectivity index (χ2n) is 12.0. The molecule has 0 saturated heterocycles. The van der Waals surface area contributed by atoms with Crippen molar-refractivity contribution in [2.75, 3.05) is 19.0 Å². The Kier molecular flexibility index (Phi) is 6.04. The average Bonchev–Trinajstić information content (AvgIpc) is 3.11. The summed E-state index contributed by atoms with van der Waals surface area (Å²) in [5.41, 5.74) is 4.95. The standard InChI is InChI=1S/C31H39NO4/c1-18-15-26-28-13-14-31(19(2)33,36-20(3)34)30(28,4)17-27(21-7-9-22(10-8-21)32(5)6)29(26)24-12-11-23(35)16-25(18)24/h7-10,16,18,26-28H,11-15,17H2,1-6H3/t18-,26-,27-,28-,30-,31-/m0/s1. The molecular formula is C31H39NO4. The fraction of sp³-hybridized carbons (Fsp3) is 0.581. The highest BCUT2D eigenvalue weighted by molar-refractivity contribution is 5.93. The molecule has 0 aromatic heterocycles. The molecule has 5 heteroatoms. The smallest absolute Gasteiger partial charge is 0.303 e. The van der Waals surface area contributed by atoms with Crippen LogP contribution in [0.5, 0.6) is 0 Å². The summed E-state index contributed by atoms with van der Waals surface area (Å²) < 4.78 is 6.03. The van der Waals surface area contributed by atoms with Crippen LogP contribution in [0.3, 0.4) is 0 Å². The van der Waals surface area contributed by atoms with E-state index in [1.54, 1.807) is 6.92 Å². The first kappa shape index (κ1) is 25.0. The molecule has 6 atom stereocenters. The Balaban J connectivity index is 1.71. The van der Waals surface area contributed by atoms with E-state index < -0.39 is 11.0 Å². The summed E-state index contributed by atoms with van der Waals surface area (Å²) in [6.45, 7) is 7.47. The Bertz CT molecular complexity index is 1180. The predicted molar refractivity (Wildman–Crippen MR) is 141 cm³/mol. The molecule has 192 valence electrons. The number of hydrogen-bond acceptors (Lipinski definition) is 5. The first-order valence-electron chi connectivity index (χ1n) is 13.4. The molecule has 0 heterocycles. The summed E-state index contributed by atoms with van der Waals surface area (Å²) >= 11 is 0. The number of carbonyl (C=O) groups excluding carboxylic acids is 3. The molecule has 1 aromatic carbocycles. The van der Waals surface area contributed by atoms with Crippen molar-refractivity contribution in [3.63, 3.8) is 0 Å². The number of nitrogens with zero attached hydrogens (tertiary/aromatic N) is 1. The predicted octanol–water partition coefficient (Wildman–Crippen LogP) is 5.79. The number of fused-ring (bicyclic) bond motifs is 4. The molecule has 0 amide bonds.